The van der Waals surface area contributed by atoms with Gasteiger partial charge in [-0.1, -0.05) is 23.7 Å². The quantitative estimate of drug-likeness (QED) is 0.908. The molecule has 0 fully saturated rings. The van der Waals surface area contributed by atoms with Crippen molar-refractivity contribution in [1.82, 2.24) is 4.90 Å². The van der Waals surface area contributed by atoms with Crippen LogP contribution in [-0.2, 0) is 6.54 Å². The van der Waals surface area contributed by atoms with Crippen LogP contribution in [0, 0.1) is 6.92 Å². The molecule has 0 saturated heterocycles. The number of benzene rings is 1. The largest absolute Gasteiger partial charge is 0.329 e. The molecule has 102 valence electrons. The van der Waals surface area contributed by atoms with Crippen LogP contribution in [0.25, 0.3) is 0 Å². The van der Waals surface area contributed by atoms with Crippen LogP contribution in [0.3, 0.4) is 0 Å². The molecular formula is C15H19ClN2S. The van der Waals surface area contributed by atoms with E-state index in [0.717, 1.165) is 17.1 Å². The monoisotopic (exact) mass is 294 g/mol. The lowest BCUT2D eigenvalue weighted by molar-refractivity contribution is 0.242. The molecule has 2 rings (SSSR count). The SMILES string of the molecule is Cc1ccc(C(CN)N(C)Cc2ccsc2)cc1Cl. The first-order chi connectivity index (χ1) is 9.11. The van der Waals surface area contributed by atoms with E-state index in [1.807, 2.05) is 13.0 Å². The molecule has 0 aliphatic carbocycles. The molecule has 1 heterocycles. The summed E-state index contributed by atoms with van der Waals surface area (Å²) in [7, 11) is 2.10. The van der Waals surface area contributed by atoms with Gasteiger partial charge in [0.25, 0.3) is 0 Å². The molecule has 2 nitrogen and oxygen atoms in total. The molecule has 1 aromatic heterocycles. The zero-order valence-electron chi connectivity index (χ0n) is 11.3. The highest BCUT2D eigenvalue weighted by molar-refractivity contribution is 7.07. The Labute approximate surface area is 123 Å². The lowest BCUT2D eigenvalue weighted by Gasteiger charge is -2.27. The molecule has 1 unspecified atom stereocenters. The minimum absolute atomic E-state index is 0.193. The van der Waals surface area contributed by atoms with Crippen LogP contribution in [0.15, 0.2) is 35.0 Å². The molecule has 1 aromatic carbocycles. The molecule has 1 atom stereocenters. The maximum absolute atomic E-state index is 6.20. The Kier molecular flexibility index (Phi) is 4.99. The lowest BCUT2D eigenvalue weighted by Crippen LogP contribution is -2.30. The topological polar surface area (TPSA) is 29.3 Å². The Morgan fingerprint density at radius 3 is 2.74 bits per heavy atom. The molecule has 0 radical (unpaired) electrons. The number of halogens is 1. The maximum atomic E-state index is 6.20. The van der Waals surface area contributed by atoms with E-state index in [9.17, 15) is 0 Å². The van der Waals surface area contributed by atoms with Gasteiger partial charge >= 0.3 is 0 Å². The van der Waals surface area contributed by atoms with Gasteiger partial charge in [-0.3, -0.25) is 4.90 Å². The van der Waals surface area contributed by atoms with Gasteiger partial charge in [-0.2, -0.15) is 11.3 Å². The van der Waals surface area contributed by atoms with Crippen molar-refractivity contribution in [2.24, 2.45) is 5.73 Å². The number of nitrogens with zero attached hydrogens (tertiary/aromatic N) is 1. The number of likely N-dealkylation sites (N-methyl/N-ethyl adjacent to an activating group) is 1. The highest BCUT2D eigenvalue weighted by atomic mass is 35.5. The molecule has 0 saturated carbocycles. The third-order valence-electron chi connectivity index (χ3n) is 3.35. The molecule has 0 spiro atoms. The summed E-state index contributed by atoms with van der Waals surface area (Å²) in [5, 5.41) is 5.08. The summed E-state index contributed by atoms with van der Waals surface area (Å²) >= 11 is 7.93. The van der Waals surface area contributed by atoms with E-state index in [-0.39, 0.29) is 6.04 Å². The number of thiophene rings is 1. The number of hydrogen-bond acceptors (Lipinski definition) is 3. The van der Waals surface area contributed by atoms with Gasteiger partial charge in [0.1, 0.15) is 0 Å². The maximum Gasteiger partial charge on any atom is 0.0471 e. The van der Waals surface area contributed by atoms with Gasteiger partial charge < -0.3 is 5.73 Å². The average molecular weight is 295 g/mol. The van der Waals surface area contributed by atoms with Crippen LogP contribution in [0.1, 0.15) is 22.7 Å². The third kappa shape index (κ3) is 3.57. The Morgan fingerprint density at radius 2 is 2.16 bits per heavy atom. The number of aryl methyl sites for hydroxylation is 1. The fourth-order valence-electron chi connectivity index (χ4n) is 2.17. The molecule has 2 aromatic rings. The highest BCUT2D eigenvalue weighted by Gasteiger charge is 2.16. The smallest absolute Gasteiger partial charge is 0.0471 e. The second kappa shape index (κ2) is 6.53. The van der Waals surface area contributed by atoms with E-state index in [2.05, 4.69) is 40.9 Å². The van der Waals surface area contributed by atoms with Gasteiger partial charge in [-0.05, 0) is 53.6 Å². The Balaban J connectivity index is 2.16. The van der Waals surface area contributed by atoms with Crippen LogP contribution in [-0.4, -0.2) is 18.5 Å². The summed E-state index contributed by atoms with van der Waals surface area (Å²) in [4.78, 5) is 2.27. The van der Waals surface area contributed by atoms with Crippen molar-refractivity contribution in [3.8, 4) is 0 Å². The van der Waals surface area contributed by atoms with Gasteiger partial charge in [-0.25, -0.2) is 0 Å². The second-order valence-electron chi connectivity index (χ2n) is 4.81. The summed E-state index contributed by atoms with van der Waals surface area (Å²) in [6.07, 6.45) is 0. The first kappa shape index (κ1) is 14.5. The zero-order valence-corrected chi connectivity index (χ0v) is 12.8. The van der Waals surface area contributed by atoms with Crippen LogP contribution in [0.5, 0.6) is 0 Å². The van der Waals surface area contributed by atoms with Gasteiger partial charge in [0.15, 0.2) is 0 Å². The van der Waals surface area contributed by atoms with Crippen molar-refractivity contribution in [2.45, 2.75) is 19.5 Å². The van der Waals surface area contributed by atoms with Crippen molar-refractivity contribution in [3.63, 3.8) is 0 Å². The molecule has 0 amide bonds. The number of hydrogen-bond donors (Lipinski definition) is 1. The predicted octanol–water partition coefficient (Wildman–Crippen LogP) is 3.84. The van der Waals surface area contributed by atoms with Crippen LogP contribution in [0.2, 0.25) is 5.02 Å². The molecular weight excluding hydrogens is 276 g/mol. The fourth-order valence-corrected chi connectivity index (χ4v) is 3.02. The van der Waals surface area contributed by atoms with Crippen LogP contribution >= 0.6 is 22.9 Å². The first-order valence-electron chi connectivity index (χ1n) is 6.29. The van der Waals surface area contributed by atoms with Gasteiger partial charge in [0, 0.05) is 24.2 Å². The summed E-state index contributed by atoms with van der Waals surface area (Å²) in [5.74, 6) is 0. The summed E-state index contributed by atoms with van der Waals surface area (Å²) < 4.78 is 0. The van der Waals surface area contributed by atoms with Gasteiger partial charge in [0.05, 0.1) is 0 Å². The summed E-state index contributed by atoms with van der Waals surface area (Å²) in [6, 6.07) is 8.54. The van der Waals surface area contributed by atoms with E-state index in [1.54, 1.807) is 11.3 Å². The van der Waals surface area contributed by atoms with E-state index < -0.39 is 0 Å². The lowest BCUT2D eigenvalue weighted by atomic mass is 10.0. The van der Waals surface area contributed by atoms with Crippen molar-refractivity contribution in [1.29, 1.82) is 0 Å². The average Bonchev–Trinajstić information content (AvgIpc) is 2.87. The Hall–Kier alpha value is -0.870. The molecule has 4 heteroatoms. The molecule has 0 aliphatic rings. The molecule has 19 heavy (non-hydrogen) atoms. The molecule has 0 aliphatic heterocycles. The van der Waals surface area contributed by atoms with Crippen molar-refractivity contribution in [3.05, 3.63) is 56.7 Å². The van der Waals surface area contributed by atoms with Gasteiger partial charge in [-0.15, -0.1) is 0 Å². The normalized spacial score (nSPS) is 12.9. The van der Waals surface area contributed by atoms with Crippen molar-refractivity contribution in [2.75, 3.05) is 13.6 Å². The number of rotatable bonds is 5. The van der Waals surface area contributed by atoms with Crippen molar-refractivity contribution < 1.29 is 0 Å². The van der Waals surface area contributed by atoms with E-state index in [1.165, 1.54) is 11.1 Å². The summed E-state index contributed by atoms with van der Waals surface area (Å²) in [6.45, 7) is 3.50. The summed E-state index contributed by atoms with van der Waals surface area (Å²) in [5.41, 5.74) is 9.54. The minimum Gasteiger partial charge on any atom is -0.329 e. The second-order valence-corrected chi connectivity index (χ2v) is 5.99. The van der Waals surface area contributed by atoms with Crippen molar-refractivity contribution >= 4 is 22.9 Å². The highest BCUT2D eigenvalue weighted by Crippen LogP contribution is 2.25. The Morgan fingerprint density at radius 1 is 1.37 bits per heavy atom. The molecule has 0 bridgehead atoms. The minimum atomic E-state index is 0.193. The first-order valence-corrected chi connectivity index (χ1v) is 7.61. The van der Waals surface area contributed by atoms with Crippen LogP contribution in [0.4, 0.5) is 0 Å². The number of nitrogens with two attached hydrogens (primary N) is 1. The fraction of sp³-hybridized carbons (Fsp3) is 0.333. The van der Waals surface area contributed by atoms with E-state index >= 15 is 0 Å². The Bertz CT molecular complexity index is 525. The van der Waals surface area contributed by atoms with E-state index in [0.29, 0.717) is 6.54 Å². The van der Waals surface area contributed by atoms with Crippen LogP contribution < -0.4 is 5.73 Å². The third-order valence-corrected chi connectivity index (χ3v) is 4.49. The molecule has 2 N–H and O–H groups in total. The van der Waals surface area contributed by atoms with Gasteiger partial charge in [0.2, 0.25) is 0 Å². The predicted molar refractivity (Wildman–Crippen MR) is 83.8 cm³/mol. The standard InChI is InChI=1S/C15H19ClN2S/c1-11-3-4-13(7-14(11)16)15(8-17)18(2)9-12-5-6-19-10-12/h3-7,10,15H,8-9,17H2,1-2H3. The van der Waals surface area contributed by atoms with E-state index in [4.69, 9.17) is 17.3 Å². The zero-order chi connectivity index (χ0) is 13.8.